The van der Waals surface area contributed by atoms with E-state index >= 15 is 0 Å². The lowest BCUT2D eigenvalue weighted by Gasteiger charge is -2.32. The van der Waals surface area contributed by atoms with Gasteiger partial charge in [-0.3, -0.25) is 0 Å². The van der Waals surface area contributed by atoms with Crippen molar-refractivity contribution in [1.29, 1.82) is 0 Å². The molecular weight excluding hydrogens is 266 g/mol. The van der Waals surface area contributed by atoms with Crippen LogP contribution in [0.5, 0.6) is 6.01 Å². The van der Waals surface area contributed by atoms with Crippen LogP contribution in [0.15, 0.2) is 0 Å². The first-order valence-electron chi connectivity index (χ1n) is 6.67. The lowest BCUT2D eigenvalue weighted by Crippen LogP contribution is -2.41. The summed E-state index contributed by atoms with van der Waals surface area (Å²) in [6.45, 7) is 4.34. The topological polar surface area (TPSA) is 63.2 Å². The molecule has 1 fully saturated rings. The van der Waals surface area contributed by atoms with Crippen molar-refractivity contribution in [1.82, 2.24) is 19.9 Å². The van der Waals surface area contributed by atoms with Crippen LogP contribution in [0, 0.1) is 0 Å². The molecule has 0 aromatic carbocycles. The number of likely N-dealkylation sites (N-methyl/N-ethyl adjacent to an activating group) is 1. The maximum absolute atomic E-state index is 5.84. The molecule has 7 heteroatoms. The van der Waals surface area contributed by atoms with Gasteiger partial charge in [0.2, 0.25) is 11.2 Å². The molecule has 0 amide bonds. The zero-order chi connectivity index (χ0) is 13.7. The fraction of sp³-hybridized carbons (Fsp3) is 0.750. The molecule has 1 aromatic rings. The van der Waals surface area contributed by atoms with Gasteiger partial charge in [0, 0.05) is 12.6 Å². The number of hydrogen-bond donors (Lipinski definition) is 1. The molecule has 1 unspecified atom stereocenters. The first-order valence-corrected chi connectivity index (χ1v) is 7.05. The minimum absolute atomic E-state index is 0.151. The highest BCUT2D eigenvalue weighted by molar-refractivity contribution is 6.28. The van der Waals surface area contributed by atoms with Gasteiger partial charge < -0.3 is 15.0 Å². The van der Waals surface area contributed by atoms with E-state index in [1.165, 1.54) is 19.3 Å². The summed E-state index contributed by atoms with van der Waals surface area (Å²) < 4.78 is 5.24. The number of rotatable bonds is 5. The van der Waals surface area contributed by atoms with E-state index in [4.69, 9.17) is 16.3 Å². The van der Waals surface area contributed by atoms with Crippen molar-refractivity contribution in [2.24, 2.45) is 0 Å². The van der Waals surface area contributed by atoms with Crippen molar-refractivity contribution >= 4 is 17.5 Å². The Morgan fingerprint density at radius 3 is 2.95 bits per heavy atom. The van der Waals surface area contributed by atoms with Crippen molar-refractivity contribution < 1.29 is 4.74 Å². The standard InChI is InChI=1S/C12H20ClN5O/c1-3-19-12-16-10(13)15-11(17-12)14-8-9-6-4-5-7-18(9)2/h9H,3-8H2,1-2H3,(H,14,15,16,17). The molecular formula is C12H20ClN5O. The van der Waals surface area contributed by atoms with E-state index < -0.39 is 0 Å². The number of nitrogens with one attached hydrogen (secondary N) is 1. The Kier molecular flexibility index (Phi) is 5.15. The Morgan fingerprint density at radius 2 is 2.21 bits per heavy atom. The zero-order valence-corrected chi connectivity index (χ0v) is 12.2. The number of likely N-dealkylation sites (tertiary alicyclic amines) is 1. The third-order valence-corrected chi connectivity index (χ3v) is 3.45. The van der Waals surface area contributed by atoms with Gasteiger partial charge in [0.15, 0.2) is 0 Å². The predicted molar refractivity (Wildman–Crippen MR) is 74.8 cm³/mol. The Hall–Kier alpha value is -1.14. The predicted octanol–water partition coefficient (Wildman–Crippen LogP) is 1.82. The summed E-state index contributed by atoms with van der Waals surface area (Å²) in [5.41, 5.74) is 0. The molecule has 2 heterocycles. The fourth-order valence-electron chi connectivity index (χ4n) is 2.22. The first-order chi connectivity index (χ1) is 9.19. The van der Waals surface area contributed by atoms with Gasteiger partial charge in [0.05, 0.1) is 6.61 Å². The molecule has 0 spiro atoms. The summed E-state index contributed by atoms with van der Waals surface area (Å²) >= 11 is 5.84. The molecule has 0 aliphatic carbocycles. The summed E-state index contributed by atoms with van der Waals surface area (Å²) in [5, 5.41) is 3.37. The number of ether oxygens (including phenoxy) is 1. The van der Waals surface area contributed by atoms with Crippen LogP contribution in [0.1, 0.15) is 26.2 Å². The minimum Gasteiger partial charge on any atom is -0.464 e. The molecule has 1 aliphatic rings. The summed E-state index contributed by atoms with van der Waals surface area (Å²) in [6.07, 6.45) is 3.75. The van der Waals surface area contributed by atoms with Crippen molar-refractivity contribution in [3.05, 3.63) is 5.28 Å². The number of halogens is 1. The molecule has 1 N–H and O–H groups in total. The van der Waals surface area contributed by atoms with E-state index in [9.17, 15) is 0 Å². The van der Waals surface area contributed by atoms with Gasteiger partial charge >= 0.3 is 6.01 Å². The van der Waals surface area contributed by atoms with Crippen molar-refractivity contribution in [2.45, 2.75) is 32.2 Å². The number of anilines is 1. The van der Waals surface area contributed by atoms with Crippen LogP contribution in [-0.4, -0.2) is 52.6 Å². The van der Waals surface area contributed by atoms with E-state index in [0.717, 1.165) is 13.1 Å². The highest BCUT2D eigenvalue weighted by Gasteiger charge is 2.19. The minimum atomic E-state index is 0.151. The van der Waals surface area contributed by atoms with E-state index in [0.29, 0.717) is 18.6 Å². The highest BCUT2D eigenvalue weighted by atomic mass is 35.5. The SMILES string of the molecule is CCOc1nc(Cl)nc(NCC2CCCCN2C)n1. The third kappa shape index (κ3) is 4.18. The smallest absolute Gasteiger partial charge is 0.322 e. The average Bonchev–Trinajstić information content (AvgIpc) is 2.37. The first kappa shape index (κ1) is 14.3. The summed E-state index contributed by atoms with van der Waals surface area (Å²) in [4.78, 5) is 14.5. The number of aromatic nitrogens is 3. The lowest BCUT2D eigenvalue weighted by atomic mass is 10.0. The van der Waals surface area contributed by atoms with E-state index in [2.05, 4.69) is 32.2 Å². The van der Waals surface area contributed by atoms with Gasteiger partial charge in [-0.25, -0.2) is 0 Å². The van der Waals surface area contributed by atoms with Crippen LogP contribution in [0.25, 0.3) is 0 Å². The maximum atomic E-state index is 5.84. The van der Waals surface area contributed by atoms with E-state index in [1.54, 1.807) is 0 Å². The monoisotopic (exact) mass is 285 g/mol. The second-order valence-corrected chi connectivity index (χ2v) is 4.99. The third-order valence-electron chi connectivity index (χ3n) is 3.28. The van der Waals surface area contributed by atoms with Crippen LogP contribution >= 0.6 is 11.6 Å². The van der Waals surface area contributed by atoms with Crippen molar-refractivity contribution in [3.63, 3.8) is 0 Å². The molecule has 6 nitrogen and oxygen atoms in total. The molecule has 106 valence electrons. The van der Waals surface area contributed by atoms with E-state index in [-0.39, 0.29) is 11.3 Å². The van der Waals surface area contributed by atoms with Gasteiger partial charge in [0.25, 0.3) is 0 Å². The fourth-order valence-corrected chi connectivity index (χ4v) is 2.37. The Labute approximate surface area is 118 Å². The molecule has 0 saturated carbocycles. The molecule has 1 atom stereocenters. The number of hydrogen-bond acceptors (Lipinski definition) is 6. The Morgan fingerprint density at radius 1 is 1.37 bits per heavy atom. The van der Waals surface area contributed by atoms with Crippen LogP contribution < -0.4 is 10.1 Å². The molecule has 0 bridgehead atoms. The van der Waals surface area contributed by atoms with Gasteiger partial charge in [-0.05, 0) is 45.0 Å². The van der Waals surface area contributed by atoms with Crippen LogP contribution in [0.3, 0.4) is 0 Å². The van der Waals surface area contributed by atoms with Crippen molar-refractivity contribution in [3.8, 4) is 6.01 Å². The Balaban J connectivity index is 1.94. The van der Waals surface area contributed by atoms with E-state index in [1.807, 2.05) is 6.92 Å². The molecule has 19 heavy (non-hydrogen) atoms. The van der Waals surface area contributed by atoms with Gasteiger partial charge in [-0.15, -0.1) is 0 Å². The maximum Gasteiger partial charge on any atom is 0.322 e. The quantitative estimate of drug-likeness (QED) is 0.890. The van der Waals surface area contributed by atoms with Crippen LogP contribution in [-0.2, 0) is 0 Å². The molecule has 1 aromatic heterocycles. The highest BCUT2D eigenvalue weighted by Crippen LogP contribution is 2.16. The van der Waals surface area contributed by atoms with Crippen molar-refractivity contribution in [2.75, 3.05) is 32.1 Å². The summed E-state index contributed by atoms with van der Waals surface area (Å²) in [5.74, 6) is 0.474. The van der Waals surface area contributed by atoms with Gasteiger partial charge in [0.1, 0.15) is 0 Å². The average molecular weight is 286 g/mol. The summed E-state index contributed by atoms with van der Waals surface area (Å²) in [6, 6.07) is 0.779. The second-order valence-electron chi connectivity index (χ2n) is 4.65. The molecule has 1 saturated heterocycles. The summed E-state index contributed by atoms with van der Waals surface area (Å²) in [7, 11) is 2.15. The largest absolute Gasteiger partial charge is 0.464 e. The normalized spacial score (nSPS) is 20.3. The number of nitrogens with zero attached hydrogens (tertiary/aromatic N) is 4. The van der Waals surface area contributed by atoms with Crippen LogP contribution in [0.4, 0.5) is 5.95 Å². The second kappa shape index (κ2) is 6.86. The molecule has 0 radical (unpaired) electrons. The van der Waals surface area contributed by atoms with Gasteiger partial charge in [-0.1, -0.05) is 6.42 Å². The Bertz CT molecular complexity index is 417. The zero-order valence-electron chi connectivity index (χ0n) is 11.4. The van der Waals surface area contributed by atoms with Crippen LogP contribution in [0.2, 0.25) is 5.28 Å². The molecule has 2 rings (SSSR count). The lowest BCUT2D eigenvalue weighted by molar-refractivity contribution is 0.194. The van der Waals surface area contributed by atoms with Gasteiger partial charge in [-0.2, -0.15) is 15.0 Å². The molecule has 1 aliphatic heterocycles. The number of piperidine rings is 1.